The Morgan fingerprint density at radius 2 is 1.81 bits per heavy atom. The van der Waals surface area contributed by atoms with Gasteiger partial charge in [0.05, 0.1) is 7.11 Å². The Balaban J connectivity index is 1.72. The molecule has 0 atom stereocenters. The third kappa shape index (κ3) is 4.79. The number of rotatable bonds is 7. The summed E-state index contributed by atoms with van der Waals surface area (Å²) in [6, 6.07) is 7.67. The molecule has 2 rings (SSSR count). The lowest BCUT2D eigenvalue weighted by atomic mass is 9.78. The molecule has 3 nitrogen and oxygen atoms in total. The molecule has 1 aliphatic carbocycles. The summed E-state index contributed by atoms with van der Waals surface area (Å²) >= 11 is 6.20. The first kappa shape index (κ1) is 16.4. The van der Waals surface area contributed by atoms with E-state index in [0.717, 1.165) is 24.0 Å². The minimum absolute atomic E-state index is 0.108. The average Bonchev–Trinajstić information content (AvgIpc) is 2.54. The largest absolute Gasteiger partial charge is 0.497 e. The van der Waals surface area contributed by atoms with Crippen molar-refractivity contribution in [3.05, 3.63) is 24.3 Å². The van der Waals surface area contributed by atoms with Crippen molar-refractivity contribution in [2.24, 2.45) is 5.92 Å². The lowest BCUT2D eigenvalue weighted by Crippen LogP contribution is -2.50. The summed E-state index contributed by atoms with van der Waals surface area (Å²) in [6.07, 6.45) is 4.86. The van der Waals surface area contributed by atoms with Crippen molar-refractivity contribution in [2.75, 3.05) is 26.1 Å². The Morgan fingerprint density at radius 3 is 2.38 bits per heavy atom. The number of benzene rings is 1. The van der Waals surface area contributed by atoms with Crippen molar-refractivity contribution >= 4 is 11.6 Å². The molecule has 1 N–H and O–H groups in total. The Morgan fingerprint density at radius 1 is 1.19 bits per heavy atom. The van der Waals surface area contributed by atoms with Crippen molar-refractivity contribution < 1.29 is 9.47 Å². The Hall–Kier alpha value is -0.930. The lowest BCUT2D eigenvalue weighted by Gasteiger charge is -2.39. The summed E-state index contributed by atoms with van der Waals surface area (Å²) in [4.78, 5) is 0. The van der Waals surface area contributed by atoms with Gasteiger partial charge in [0.25, 0.3) is 0 Å². The second-order valence-corrected chi connectivity index (χ2v) is 6.31. The molecule has 0 aromatic heterocycles. The fourth-order valence-corrected chi connectivity index (χ4v) is 3.19. The van der Waals surface area contributed by atoms with Crippen LogP contribution in [0, 0.1) is 5.92 Å². The molecular weight excluding hydrogens is 286 g/mol. The molecular formula is C17H26ClNO2. The number of alkyl halides is 1. The monoisotopic (exact) mass is 311 g/mol. The van der Waals surface area contributed by atoms with Gasteiger partial charge < -0.3 is 14.8 Å². The maximum absolute atomic E-state index is 6.20. The van der Waals surface area contributed by atoms with E-state index in [1.54, 1.807) is 7.11 Å². The summed E-state index contributed by atoms with van der Waals surface area (Å²) in [6.45, 7) is 3.80. The summed E-state index contributed by atoms with van der Waals surface area (Å²) in [5.41, 5.74) is 0.108. The molecule has 0 heterocycles. The van der Waals surface area contributed by atoms with E-state index in [-0.39, 0.29) is 5.54 Å². The van der Waals surface area contributed by atoms with E-state index in [1.165, 1.54) is 25.7 Å². The predicted octanol–water partition coefficient (Wildman–Crippen LogP) is 3.85. The van der Waals surface area contributed by atoms with Crippen LogP contribution in [0.25, 0.3) is 0 Å². The Bertz CT molecular complexity index is 413. The van der Waals surface area contributed by atoms with Crippen LogP contribution in [0.2, 0.25) is 0 Å². The van der Waals surface area contributed by atoms with Gasteiger partial charge in [0.1, 0.15) is 18.1 Å². The zero-order valence-corrected chi connectivity index (χ0v) is 13.8. The second-order valence-electron chi connectivity index (χ2n) is 6.05. The van der Waals surface area contributed by atoms with E-state index in [0.29, 0.717) is 12.5 Å². The number of hydrogen-bond donors (Lipinski definition) is 1. The number of nitrogens with one attached hydrogen (secondary N) is 1. The van der Waals surface area contributed by atoms with Crippen LogP contribution in [0.5, 0.6) is 11.5 Å². The maximum Gasteiger partial charge on any atom is 0.119 e. The van der Waals surface area contributed by atoms with Gasteiger partial charge in [-0.3, -0.25) is 0 Å². The van der Waals surface area contributed by atoms with Crippen LogP contribution in [0.3, 0.4) is 0 Å². The molecule has 21 heavy (non-hydrogen) atoms. The van der Waals surface area contributed by atoms with E-state index >= 15 is 0 Å². The minimum Gasteiger partial charge on any atom is -0.497 e. The van der Waals surface area contributed by atoms with Crippen LogP contribution in [-0.4, -0.2) is 31.7 Å². The van der Waals surface area contributed by atoms with Crippen molar-refractivity contribution in [1.29, 1.82) is 0 Å². The number of ether oxygens (including phenoxy) is 2. The third-order valence-corrected chi connectivity index (χ3v) is 4.93. The fraction of sp³-hybridized carbons (Fsp3) is 0.647. The molecule has 1 saturated carbocycles. The molecule has 0 spiro atoms. The van der Waals surface area contributed by atoms with Gasteiger partial charge in [0, 0.05) is 18.0 Å². The standard InChI is InChI=1S/C17H26ClNO2/c1-14-7-9-17(13-18,10-8-14)19-11-12-21-16-5-3-15(20-2)4-6-16/h3-6,14,19H,7-13H2,1-2H3. The summed E-state index contributed by atoms with van der Waals surface area (Å²) in [5.74, 6) is 3.23. The predicted molar refractivity (Wildman–Crippen MR) is 87.6 cm³/mol. The molecule has 0 saturated heterocycles. The summed E-state index contributed by atoms with van der Waals surface area (Å²) in [7, 11) is 1.66. The van der Waals surface area contributed by atoms with Gasteiger partial charge in [-0.25, -0.2) is 0 Å². The third-order valence-electron chi connectivity index (χ3n) is 4.42. The van der Waals surface area contributed by atoms with Gasteiger partial charge in [-0.2, -0.15) is 0 Å². The Labute approximate surface area is 133 Å². The highest BCUT2D eigenvalue weighted by Crippen LogP contribution is 2.32. The first-order valence-electron chi connectivity index (χ1n) is 7.75. The minimum atomic E-state index is 0.108. The van der Waals surface area contributed by atoms with E-state index < -0.39 is 0 Å². The second kappa shape index (κ2) is 7.90. The molecule has 4 heteroatoms. The number of hydrogen-bond acceptors (Lipinski definition) is 3. The van der Waals surface area contributed by atoms with Gasteiger partial charge in [-0.15, -0.1) is 11.6 Å². The zero-order chi connectivity index (χ0) is 15.1. The van der Waals surface area contributed by atoms with E-state index in [9.17, 15) is 0 Å². The van der Waals surface area contributed by atoms with Crippen molar-refractivity contribution in [1.82, 2.24) is 5.32 Å². The van der Waals surface area contributed by atoms with Gasteiger partial charge in [0.2, 0.25) is 0 Å². The normalized spacial score (nSPS) is 25.6. The number of methoxy groups -OCH3 is 1. The lowest BCUT2D eigenvalue weighted by molar-refractivity contribution is 0.202. The Kier molecular flexibility index (Phi) is 6.19. The van der Waals surface area contributed by atoms with Gasteiger partial charge in [-0.05, 0) is 55.9 Å². The zero-order valence-electron chi connectivity index (χ0n) is 13.0. The van der Waals surface area contributed by atoms with Crippen molar-refractivity contribution in [3.63, 3.8) is 0 Å². The molecule has 0 bridgehead atoms. The summed E-state index contributed by atoms with van der Waals surface area (Å²) < 4.78 is 10.9. The smallest absolute Gasteiger partial charge is 0.119 e. The van der Waals surface area contributed by atoms with Gasteiger partial charge >= 0.3 is 0 Å². The maximum atomic E-state index is 6.20. The van der Waals surface area contributed by atoms with Crippen LogP contribution in [0.15, 0.2) is 24.3 Å². The molecule has 1 aromatic rings. The van der Waals surface area contributed by atoms with Crippen LogP contribution in [0.4, 0.5) is 0 Å². The van der Waals surface area contributed by atoms with Crippen LogP contribution in [-0.2, 0) is 0 Å². The van der Waals surface area contributed by atoms with Crippen molar-refractivity contribution in [2.45, 2.75) is 38.1 Å². The molecule has 1 aliphatic rings. The van der Waals surface area contributed by atoms with Gasteiger partial charge in [0.15, 0.2) is 0 Å². The van der Waals surface area contributed by atoms with Crippen molar-refractivity contribution in [3.8, 4) is 11.5 Å². The quantitative estimate of drug-likeness (QED) is 0.613. The SMILES string of the molecule is COc1ccc(OCCNC2(CCl)CCC(C)CC2)cc1. The first-order chi connectivity index (χ1) is 10.2. The highest BCUT2D eigenvalue weighted by Gasteiger charge is 2.32. The molecule has 0 radical (unpaired) electrons. The average molecular weight is 312 g/mol. The fourth-order valence-electron chi connectivity index (χ4n) is 2.83. The molecule has 0 unspecified atom stereocenters. The molecule has 1 aromatic carbocycles. The first-order valence-corrected chi connectivity index (χ1v) is 8.29. The van der Waals surface area contributed by atoms with E-state index in [4.69, 9.17) is 21.1 Å². The topological polar surface area (TPSA) is 30.5 Å². The van der Waals surface area contributed by atoms with E-state index in [2.05, 4.69) is 12.2 Å². The number of halogens is 1. The summed E-state index contributed by atoms with van der Waals surface area (Å²) in [5, 5.41) is 3.62. The molecule has 0 aliphatic heterocycles. The van der Waals surface area contributed by atoms with Gasteiger partial charge in [-0.1, -0.05) is 6.92 Å². The highest BCUT2D eigenvalue weighted by molar-refractivity contribution is 6.18. The van der Waals surface area contributed by atoms with E-state index in [1.807, 2.05) is 24.3 Å². The van der Waals surface area contributed by atoms with Crippen LogP contribution < -0.4 is 14.8 Å². The molecule has 0 amide bonds. The molecule has 1 fully saturated rings. The van der Waals surface area contributed by atoms with Crippen LogP contribution in [0.1, 0.15) is 32.6 Å². The van der Waals surface area contributed by atoms with Crippen LogP contribution >= 0.6 is 11.6 Å². The molecule has 118 valence electrons. The highest BCUT2D eigenvalue weighted by atomic mass is 35.5.